The summed E-state index contributed by atoms with van der Waals surface area (Å²) in [6, 6.07) is 0.782. The summed E-state index contributed by atoms with van der Waals surface area (Å²) in [5.41, 5.74) is 1.27. The van der Waals surface area contributed by atoms with E-state index in [1.54, 1.807) is 0 Å². The molecule has 1 aliphatic heterocycles. The summed E-state index contributed by atoms with van der Waals surface area (Å²) in [5.74, 6) is 0.967. The summed E-state index contributed by atoms with van der Waals surface area (Å²) in [4.78, 5) is 0. The van der Waals surface area contributed by atoms with E-state index < -0.39 is 0 Å². The molecular formula is C10H17N. The van der Waals surface area contributed by atoms with Crippen molar-refractivity contribution in [3.63, 3.8) is 0 Å². The van der Waals surface area contributed by atoms with Gasteiger partial charge in [-0.05, 0) is 31.6 Å². The molecule has 1 N–H and O–H groups in total. The van der Waals surface area contributed by atoms with E-state index in [0.717, 1.165) is 12.0 Å². The molecule has 0 bridgehead atoms. The van der Waals surface area contributed by atoms with Crippen molar-refractivity contribution in [3.05, 3.63) is 12.3 Å². The summed E-state index contributed by atoms with van der Waals surface area (Å²) in [6.45, 7) is 3.99. The van der Waals surface area contributed by atoms with E-state index in [1.807, 2.05) is 0 Å². The fourth-order valence-electron chi connectivity index (χ4n) is 2.44. The highest BCUT2D eigenvalue weighted by molar-refractivity contribution is 5.01. The molecule has 1 nitrogen and oxygen atoms in total. The number of rotatable bonds is 0. The van der Waals surface area contributed by atoms with E-state index in [2.05, 4.69) is 11.9 Å². The number of allylic oxidation sites excluding steroid dienone is 1. The van der Waals surface area contributed by atoms with Crippen LogP contribution in [-0.2, 0) is 0 Å². The normalized spacial score (nSPS) is 37.6. The monoisotopic (exact) mass is 151 g/mol. The summed E-state index contributed by atoms with van der Waals surface area (Å²) < 4.78 is 0. The predicted molar refractivity (Wildman–Crippen MR) is 47.3 cm³/mol. The van der Waals surface area contributed by atoms with E-state index in [1.165, 1.54) is 44.2 Å². The Morgan fingerprint density at radius 2 is 2.00 bits per heavy atom. The number of hydrogen-bond donors (Lipinski definition) is 1. The zero-order valence-corrected chi connectivity index (χ0v) is 7.10. The van der Waals surface area contributed by atoms with Gasteiger partial charge in [0, 0.05) is 11.7 Å². The van der Waals surface area contributed by atoms with Crippen molar-refractivity contribution in [3.8, 4) is 0 Å². The van der Waals surface area contributed by atoms with Gasteiger partial charge in [-0.1, -0.05) is 19.4 Å². The number of fused-ring (bicyclic) bond motifs is 1. The Morgan fingerprint density at radius 3 is 2.91 bits per heavy atom. The van der Waals surface area contributed by atoms with Crippen molar-refractivity contribution in [2.24, 2.45) is 5.92 Å². The Balaban J connectivity index is 1.98. The summed E-state index contributed by atoms with van der Waals surface area (Å²) >= 11 is 0. The van der Waals surface area contributed by atoms with Crippen molar-refractivity contribution in [1.82, 2.24) is 5.32 Å². The van der Waals surface area contributed by atoms with E-state index in [4.69, 9.17) is 0 Å². The average Bonchev–Trinajstić information content (AvgIpc) is 2.04. The molecule has 1 heteroatoms. The maximum absolute atomic E-state index is 3.99. The molecule has 0 amide bonds. The molecule has 62 valence electrons. The second-order valence-electron chi connectivity index (χ2n) is 3.94. The van der Waals surface area contributed by atoms with Gasteiger partial charge in [-0.25, -0.2) is 0 Å². The zero-order valence-electron chi connectivity index (χ0n) is 7.10. The fraction of sp³-hybridized carbons (Fsp3) is 0.800. The second-order valence-corrected chi connectivity index (χ2v) is 3.94. The van der Waals surface area contributed by atoms with Crippen LogP contribution >= 0.6 is 0 Å². The SMILES string of the molecule is C=C1CCC2CCCCC2N1. The van der Waals surface area contributed by atoms with Crippen LogP contribution < -0.4 is 5.32 Å². The van der Waals surface area contributed by atoms with Gasteiger partial charge >= 0.3 is 0 Å². The second kappa shape index (κ2) is 2.88. The summed E-state index contributed by atoms with van der Waals surface area (Å²) in [6.07, 6.45) is 8.29. The molecule has 0 spiro atoms. The topological polar surface area (TPSA) is 12.0 Å². The van der Waals surface area contributed by atoms with E-state index >= 15 is 0 Å². The molecule has 2 rings (SSSR count). The first kappa shape index (κ1) is 7.20. The van der Waals surface area contributed by atoms with Crippen LogP contribution in [-0.4, -0.2) is 6.04 Å². The number of piperidine rings is 1. The molecule has 0 radical (unpaired) electrons. The van der Waals surface area contributed by atoms with Gasteiger partial charge in [-0.2, -0.15) is 0 Å². The largest absolute Gasteiger partial charge is 0.386 e. The Morgan fingerprint density at radius 1 is 1.18 bits per heavy atom. The molecule has 1 heterocycles. The van der Waals surface area contributed by atoms with Crippen LogP contribution in [0, 0.1) is 5.92 Å². The van der Waals surface area contributed by atoms with Crippen LogP contribution in [0.5, 0.6) is 0 Å². The highest BCUT2D eigenvalue weighted by Crippen LogP contribution is 2.32. The van der Waals surface area contributed by atoms with Crippen molar-refractivity contribution in [2.75, 3.05) is 0 Å². The minimum atomic E-state index is 0.782. The molecule has 2 fully saturated rings. The molecule has 1 saturated heterocycles. The number of nitrogens with one attached hydrogen (secondary N) is 1. The van der Waals surface area contributed by atoms with Crippen molar-refractivity contribution in [1.29, 1.82) is 0 Å². The summed E-state index contributed by atoms with van der Waals surface area (Å²) in [7, 11) is 0. The lowest BCUT2D eigenvalue weighted by Gasteiger charge is -2.37. The zero-order chi connectivity index (χ0) is 7.68. The van der Waals surface area contributed by atoms with Crippen molar-refractivity contribution < 1.29 is 0 Å². The molecule has 0 aromatic rings. The molecule has 2 atom stereocenters. The van der Waals surface area contributed by atoms with Crippen LogP contribution in [0.1, 0.15) is 38.5 Å². The lowest BCUT2D eigenvalue weighted by Crippen LogP contribution is -2.41. The predicted octanol–water partition coefficient (Wildman–Crippen LogP) is 2.44. The van der Waals surface area contributed by atoms with Gasteiger partial charge in [0.1, 0.15) is 0 Å². The Hall–Kier alpha value is -0.460. The maximum atomic E-state index is 3.99. The third kappa shape index (κ3) is 1.42. The van der Waals surface area contributed by atoms with E-state index in [9.17, 15) is 0 Å². The van der Waals surface area contributed by atoms with Gasteiger partial charge in [0.15, 0.2) is 0 Å². The quantitative estimate of drug-likeness (QED) is 0.560. The van der Waals surface area contributed by atoms with Gasteiger partial charge in [0.05, 0.1) is 0 Å². The Kier molecular flexibility index (Phi) is 1.89. The highest BCUT2D eigenvalue weighted by Gasteiger charge is 2.27. The fourth-order valence-corrected chi connectivity index (χ4v) is 2.44. The third-order valence-electron chi connectivity index (χ3n) is 3.12. The Bertz CT molecular complexity index is 162. The van der Waals surface area contributed by atoms with E-state index in [-0.39, 0.29) is 0 Å². The third-order valence-corrected chi connectivity index (χ3v) is 3.12. The average molecular weight is 151 g/mol. The minimum Gasteiger partial charge on any atom is -0.386 e. The smallest absolute Gasteiger partial charge is 0.0286 e. The van der Waals surface area contributed by atoms with Crippen LogP contribution in [0.15, 0.2) is 12.3 Å². The van der Waals surface area contributed by atoms with Crippen LogP contribution in [0.2, 0.25) is 0 Å². The maximum Gasteiger partial charge on any atom is 0.0286 e. The molecule has 1 saturated carbocycles. The van der Waals surface area contributed by atoms with Gasteiger partial charge < -0.3 is 5.32 Å². The molecule has 2 unspecified atom stereocenters. The Labute approximate surface area is 68.9 Å². The van der Waals surface area contributed by atoms with E-state index in [0.29, 0.717) is 0 Å². The molecule has 0 aromatic carbocycles. The van der Waals surface area contributed by atoms with Gasteiger partial charge in [-0.3, -0.25) is 0 Å². The van der Waals surface area contributed by atoms with Crippen LogP contribution in [0.4, 0.5) is 0 Å². The van der Waals surface area contributed by atoms with Crippen LogP contribution in [0.25, 0.3) is 0 Å². The minimum absolute atomic E-state index is 0.782. The lowest BCUT2D eigenvalue weighted by molar-refractivity contribution is 0.234. The standard InChI is InChI=1S/C10H17N/c1-8-6-7-9-4-2-3-5-10(9)11-8/h9-11H,1-7H2. The van der Waals surface area contributed by atoms with Gasteiger partial charge in [0.2, 0.25) is 0 Å². The molecule has 1 aliphatic carbocycles. The van der Waals surface area contributed by atoms with Crippen molar-refractivity contribution in [2.45, 2.75) is 44.6 Å². The van der Waals surface area contributed by atoms with Gasteiger partial charge in [-0.15, -0.1) is 0 Å². The molecular weight excluding hydrogens is 134 g/mol. The van der Waals surface area contributed by atoms with Gasteiger partial charge in [0.25, 0.3) is 0 Å². The highest BCUT2D eigenvalue weighted by atomic mass is 14.9. The van der Waals surface area contributed by atoms with Crippen LogP contribution in [0.3, 0.4) is 0 Å². The number of hydrogen-bond acceptors (Lipinski definition) is 1. The first-order chi connectivity index (χ1) is 5.36. The first-order valence-electron chi connectivity index (χ1n) is 4.80. The lowest BCUT2D eigenvalue weighted by atomic mass is 9.79. The molecule has 0 aromatic heterocycles. The van der Waals surface area contributed by atoms with Crippen molar-refractivity contribution >= 4 is 0 Å². The first-order valence-corrected chi connectivity index (χ1v) is 4.80. The molecule has 11 heavy (non-hydrogen) atoms. The summed E-state index contributed by atoms with van der Waals surface area (Å²) in [5, 5.41) is 3.52. The molecule has 2 aliphatic rings.